The van der Waals surface area contributed by atoms with Crippen molar-refractivity contribution in [2.75, 3.05) is 12.8 Å². The number of amides is 1. The summed E-state index contributed by atoms with van der Waals surface area (Å²) in [5.41, 5.74) is 6.97. The first-order chi connectivity index (χ1) is 6.11. The first kappa shape index (κ1) is 8.10. The number of H-pyrrole nitrogens is 1. The second kappa shape index (κ2) is 2.48. The normalized spacial score (nSPS) is 21.8. The molecule has 2 rings (SSSR count). The molecule has 0 saturated carbocycles. The monoisotopic (exact) mass is 180 g/mol. The molecule has 70 valence electrons. The van der Waals surface area contributed by atoms with Crippen molar-refractivity contribution in [3.05, 3.63) is 11.3 Å². The molecule has 13 heavy (non-hydrogen) atoms. The SMILES string of the molecule is CC1Cc2[nH]nc(N)c2C(=O)N1C. The molecule has 0 aromatic carbocycles. The molecular formula is C8H12N4O. The fourth-order valence-corrected chi connectivity index (χ4v) is 1.59. The molecule has 1 amide bonds. The Kier molecular flexibility index (Phi) is 1.55. The van der Waals surface area contributed by atoms with Gasteiger partial charge in [0.05, 0.1) is 5.69 Å². The zero-order valence-electron chi connectivity index (χ0n) is 7.66. The highest BCUT2D eigenvalue weighted by Crippen LogP contribution is 2.23. The van der Waals surface area contributed by atoms with E-state index in [4.69, 9.17) is 5.73 Å². The van der Waals surface area contributed by atoms with Crippen LogP contribution in [0.2, 0.25) is 0 Å². The third kappa shape index (κ3) is 0.998. The summed E-state index contributed by atoms with van der Waals surface area (Å²) in [5, 5.41) is 6.61. The fourth-order valence-electron chi connectivity index (χ4n) is 1.59. The van der Waals surface area contributed by atoms with Crippen LogP contribution in [0.5, 0.6) is 0 Å². The Bertz CT molecular complexity index is 357. The molecule has 0 saturated heterocycles. The van der Waals surface area contributed by atoms with Crippen LogP contribution in [0.4, 0.5) is 5.82 Å². The van der Waals surface area contributed by atoms with Gasteiger partial charge in [0, 0.05) is 19.5 Å². The summed E-state index contributed by atoms with van der Waals surface area (Å²) in [6, 6.07) is 0.208. The van der Waals surface area contributed by atoms with E-state index in [9.17, 15) is 4.79 Å². The van der Waals surface area contributed by atoms with Crippen molar-refractivity contribution >= 4 is 11.7 Å². The van der Waals surface area contributed by atoms with E-state index in [1.807, 2.05) is 6.92 Å². The number of likely N-dealkylation sites (N-methyl/N-ethyl adjacent to an activating group) is 1. The molecule has 1 aromatic heterocycles. The van der Waals surface area contributed by atoms with Gasteiger partial charge in [-0.1, -0.05) is 0 Å². The van der Waals surface area contributed by atoms with Gasteiger partial charge in [-0.15, -0.1) is 0 Å². The number of fused-ring (bicyclic) bond motifs is 1. The molecule has 1 atom stereocenters. The molecule has 2 heterocycles. The van der Waals surface area contributed by atoms with Crippen molar-refractivity contribution in [2.45, 2.75) is 19.4 Å². The van der Waals surface area contributed by atoms with Gasteiger partial charge < -0.3 is 10.6 Å². The van der Waals surface area contributed by atoms with Crippen molar-refractivity contribution in [1.29, 1.82) is 0 Å². The first-order valence-corrected chi connectivity index (χ1v) is 4.21. The van der Waals surface area contributed by atoms with Gasteiger partial charge in [-0.25, -0.2) is 0 Å². The zero-order chi connectivity index (χ0) is 9.59. The third-order valence-electron chi connectivity index (χ3n) is 2.56. The Labute approximate surface area is 75.9 Å². The van der Waals surface area contributed by atoms with Gasteiger partial charge >= 0.3 is 0 Å². The number of aromatic nitrogens is 2. The van der Waals surface area contributed by atoms with E-state index < -0.39 is 0 Å². The highest BCUT2D eigenvalue weighted by atomic mass is 16.2. The predicted octanol–water partition coefficient (Wildman–Crippen LogP) is 0.00850. The molecule has 0 aliphatic carbocycles. The first-order valence-electron chi connectivity index (χ1n) is 4.21. The van der Waals surface area contributed by atoms with Crippen molar-refractivity contribution in [1.82, 2.24) is 15.1 Å². The average Bonchev–Trinajstić information content (AvgIpc) is 2.43. The van der Waals surface area contributed by atoms with Gasteiger partial charge in [-0.05, 0) is 6.92 Å². The molecule has 0 bridgehead atoms. The number of aromatic amines is 1. The summed E-state index contributed by atoms with van der Waals surface area (Å²) < 4.78 is 0. The van der Waals surface area contributed by atoms with Gasteiger partial charge in [0.2, 0.25) is 0 Å². The second-order valence-electron chi connectivity index (χ2n) is 3.43. The molecule has 5 nitrogen and oxygen atoms in total. The fraction of sp³-hybridized carbons (Fsp3) is 0.500. The zero-order valence-corrected chi connectivity index (χ0v) is 7.66. The quantitative estimate of drug-likeness (QED) is 0.590. The lowest BCUT2D eigenvalue weighted by Crippen LogP contribution is -2.41. The van der Waals surface area contributed by atoms with E-state index in [0.29, 0.717) is 11.4 Å². The summed E-state index contributed by atoms with van der Waals surface area (Å²) in [4.78, 5) is 13.4. The maximum atomic E-state index is 11.7. The van der Waals surface area contributed by atoms with Crippen LogP contribution >= 0.6 is 0 Å². The second-order valence-corrected chi connectivity index (χ2v) is 3.43. The Balaban J connectivity index is 2.52. The van der Waals surface area contributed by atoms with Crippen LogP contribution in [0.1, 0.15) is 23.0 Å². The molecule has 0 radical (unpaired) electrons. The lowest BCUT2D eigenvalue weighted by Gasteiger charge is -2.29. The predicted molar refractivity (Wildman–Crippen MR) is 48.3 cm³/mol. The van der Waals surface area contributed by atoms with E-state index in [1.165, 1.54) is 0 Å². The molecule has 1 unspecified atom stereocenters. The molecule has 1 aliphatic heterocycles. The van der Waals surface area contributed by atoms with Crippen LogP contribution in [0.15, 0.2) is 0 Å². The summed E-state index contributed by atoms with van der Waals surface area (Å²) in [6.45, 7) is 2.00. The summed E-state index contributed by atoms with van der Waals surface area (Å²) in [5.74, 6) is 0.263. The Morgan fingerprint density at radius 2 is 2.38 bits per heavy atom. The van der Waals surface area contributed by atoms with Crippen LogP contribution in [0, 0.1) is 0 Å². The maximum absolute atomic E-state index is 11.7. The third-order valence-corrected chi connectivity index (χ3v) is 2.56. The van der Waals surface area contributed by atoms with E-state index in [0.717, 1.165) is 12.1 Å². The number of anilines is 1. The van der Waals surface area contributed by atoms with Crippen LogP contribution < -0.4 is 5.73 Å². The molecule has 0 fully saturated rings. The smallest absolute Gasteiger partial charge is 0.259 e. The average molecular weight is 180 g/mol. The number of carbonyl (C=O) groups is 1. The van der Waals surface area contributed by atoms with Crippen molar-refractivity contribution in [3.63, 3.8) is 0 Å². The van der Waals surface area contributed by atoms with Gasteiger partial charge in [0.25, 0.3) is 5.91 Å². The molecular weight excluding hydrogens is 168 g/mol. The van der Waals surface area contributed by atoms with Crippen LogP contribution in [0.25, 0.3) is 0 Å². The van der Waals surface area contributed by atoms with Crippen LogP contribution in [0.3, 0.4) is 0 Å². The minimum atomic E-state index is -0.0417. The minimum absolute atomic E-state index is 0.0417. The minimum Gasteiger partial charge on any atom is -0.382 e. The largest absolute Gasteiger partial charge is 0.382 e. The molecule has 1 aliphatic rings. The van der Waals surface area contributed by atoms with Crippen molar-refractivity contribution in [2.24, 2.45) is 0 Å². The van der Waals surface area contributed by atoms with E-state index in [2.05, 4.69) is 10.2 Å². The summed E-state index contributed by atoms with van der Waals surface area (Å²) >= 11 is 0. The van der Waals surface area contributed by atoms with E-state index >= 15 is 0 Å². The van der Waals surface area contributed by atoms with E-state index in [1.54, 1.807) is 11.9 Å². The Morgan fingerprint density at radius 3 is 3.08 bits per heavy atom. The molecule has 3 N–H and O–H groups in total. The van der Waals surface area contributed by atoms with Crippen LogP contribution in [-0.2, 0) is 6.42 Å². The number of nitrogens with zero attached hydrogens (tertiary/aromatic N) is 2. The van der Waals surface area contributed by atoms with Crippen LogP contribution in [-0.4, -0.2) is 34.1 Å². The number of nitrogen functional groups attached to an aromatic ring is 1. The van der Waals surface area contributed by atoms with Gasteiger partial charge in [0.15, 0.2) is 5.82 Å². The highest BCUT2D eigenvalue weighted by molar-refractivity contribution is 6.00. The lowest BCUT2D eigenvalue weighted by atomic mass is 10.0. The Hall–Kier alpha value is -1.52. The van der Waals surface area contributed by atoms with Gasteiger partial charge in [0.1, 0.15) is 5.56 Å². The molecule has 0 spiro atoms. The summed E-state index contributed by atoms with van der Waals surface area (Å²) in [7, 11) is 1.78. The number of hydrogen-bond donors (Lipinski definition) is 2. The van der Waals surface area contributed by atoms with Crippen molar-refractivity contribution in [3.8, 4) is 0 Å². The summed E-state index contributed by atoms with van der Waals surface area (Å²) in [6.07, 6.45) is 0.793. The molecule has 1 aromatic rings. The maximum Gasteiger partial charge on any atom is 0.259 e. The topological polar surface area (TPSA) is 75.0 Å². The van der Waals surface area contributed by atoms with Crippen molar-refractivity contribution < 1.29 is 4.79 Å². The lowest BCUT2D eigenvalue weighted by molar-refractivity contribution is 0.0721. The van der Waals surface area contributed by atoms with E-state index in [-0.39, 0.29) is 11.9 Å². The Morgan fingerprint density at radius 1 is 1.69 bits per heavy atom. The standard InChI is InChI=1S/C8H12N4O/c1-4-3-5-6(7(9)11-10-5)8(13)12(4)2/h4H,3H2,1-2H3,(H3,9,10,11). The molecule has 5 heteroatoms. The number of carbonyl (C=O) groups excluding carboxylic acids is 1. The number of rotatable bonds is 0. The number of nitrogens with two attached hydrogens (primary N) is 1. The highest BCUT2D eigenvalue weighted by Gasteiger charge is 2.30. The number of nitrogens with one attached hydrogen (secondary N) is 1. The van der Waals surface area contributed by atoms with Gasteiger partial charge in [-0.3, -0.25) is 9.89 Å². The van der Waals surface area contributed by atoms with Gasteiger partial charge in [-0.2, -0.15) is 5.10 Å². The number of hydrogen-bond acceptors (Lipinski definition) is 3.